The number of phosphoric ester groups is 1. The Kier molecular flexibility index (Phi) is 14.5. The summed E-state index contributed by atoms with van der Waals surface area (Å²) in [6.45, 7) is 4.44. The number of rotatable bonds is 10. The van der Waals surface area contributed by atoms with Crippen molar-refractivity contribution in [2.45, 2.75) is 52.4 Å². The van der Waals surface area contributed by atoms with Gasteiger partial charge in [-0.2, -0.15) is 0 Å². The molecular formula is C10H22LiO4P. The maximum Gasteiger partial charge on any atom is 1.00 e. The van der Waals surface area contributed by atoms with Crippen molar-refractivity contribution in [3.63, 3.8) is 0 Å². The topological polar surface area (TPSA) is 58.6 Å². The molecule has 0 radical (unpaired) electrons. The van der Waals surface area contributed by atoms with E-state index in [4.69, 9.17) is 0 Å². The van der Waals surface area contributed by atoms with Gasteiger partial charge in [0.2, 0.25) is 0 Å². The molecule has 0 bridgehead atoms. The Bertz CT molecular complexity index is 190. The van der Waals surface area contributed by atoms with Gasteiger partial charge in [-0.25, -0.2) is 0 Å². The largest absolute Gasteiger partial charge is 1.00 e. The van der Waals surface area contributed by atoms with Crippen LogP contribution in [-0.2, 0) is 13.6 Å². The molecule has 0 aromatic heterocycles. The van der Waals surface area contributed by atoms with E-state index in [0.717, 1.165) is 19.3 Å². The first-order chi connectivity index (χ1) is 7.12. The Morgan fingerprint density at radius 3 is 2.06 bits per heavy atom. The van der Waals surface area contributed by atoms with Gasteiger partial charge in [0.25, 0.3) is 7.82 Å². The first-order valence-electron chi connectivity index (χ1n) is 5.72. The van der Waals surface area contributed by atoms with E-state index in [9.17, 15) is 9.46 Å². The van der Waals surface area contributed by atoms with Gasteiger partial charge in [-0.1, -0.05) is 39.5 Å². The molecule has 0 fully saturated rings. The molecule has 0 N–H and O–H groups in total. The number of phosphoric acid groups is 1. The van der Waals surface area contributed by atoms with Crippen LogP contribution in [0, 0.1) is 0 Å². The number of hydrogen-bond acceptors (Lipinski definition) is 4. The molecule has 0 rings (SSSR count). The number of hydrogen-bond donors (Lipinski definition) is 0. The van der Waals surface area contributed by atoms with Gasteiger partial charge in [-0.15, -0.1) is 0 Å². The van der Waals surface area contributed by atoms with Crippen molar-refractivity contribution in [2.24, 2.45) is 0 Å². The fraction of sp³-hybridized carbons (Fsp3) is 1.00. The minimum atomic E-state index is -4.01. The summed E-state index contributed by atoms with van der Waals surface area (Å²) >= 11 is 0. The van der Waals surface area contributed by atoms with Crippen LogP contribution in [0.1, 0.15) is 52.4 Å². The van der Waals surface area contributed by atoms with E-state index < -0.39 is 7.82 Å². The van der Waals surface area contributed by atoms with E-state index in [1.165, 1.54) is 12.8 Å². The Morgan fingerprint density at radius 1 is 0.938 bits per heavy atom. The predicted octanol–water partition coefficient (Wildman–Crippen LogP) is -0.128. The minimum Gasteiger partial charge on any atom is -0.756 e. The van der Waals surface area contributed by atoms with Crippen LogP contribution in [0.25, 0.3) is 0 Å². The molecule has 0 aromatic carbocycles. The second kappa shape index (κ2) is 12.2. The van der Waals surface area contributed by atoms with Crippen LogP contribution in [-0.4, -0.2) is 13.2 Å². The van der Waals surface area contributed by atoms with Crippen molar-refractivity contribution in [1.82, 2.24) is 0 Å². The Hall–Kier alpha value is 0.707. The van der Waals surface area contributed by atoms with Gasteiger partial charge < -0.3 is 13.9 Å². The molecule has 6 heteroatoms. The van der Waals surface area contributed by atoms with Gasteiger partial charge in [-0.05, 0) is 12.8 Å². The SMILES string of the molecule is CCCCCCCOP(=O)([O-])OCCC.[Li+]. The van der Waals surface area contributed by atoms with Gasteiger partial charge in [-0.3, -0.25) is 4.57 Å². The molecule has 0 heterocycles. The Labute approximate surface area is 111 Å². The first kappa shape index (κ1) is 19.1. The average molecular weight is 244 g/mol. The molecule has 4 nitrogen and oxygen atoms in total. The zero-order chi connectivity index (χ0) is 11.6. The summed E-state index contributed by atoms with van der Waals surface area (Å²) in [7, 11) is -4.01. The zero-order valence-electron chi connectivity index (χ0n) is 10.7. The third-order valence-electron chi connectivity index (χ3n) is 1.95. The van der Waals surface area contributed by atoms with Crippen LogP contribution < -0.4 is 23.8 Å². The molecule has 16 heavy (non-hydrogen) atoms. The summed E-state index contributed by atoms with van der Waals surface area (Å²) in [5.74, 6) is 0. The first-order valence-corrected chi connectivity index (χ1v) is 7.18. The van der Waals surface area contributed by atoms with Crippen LogP contribution in [0.4, 0.5) is 0 Å². The van der Waals surface area contributed by atoms with E-state index in [1.54, 1.807) is 0 Å². The Balaban J connectivity index is 0. The van der Waals surface area contributed by atoms with E-state index in [1.807, 2.05) is 6.92 Å². The molecule has 0 aromatic rings. The van der Waals surface area contributed by atoms with Gasteiger partial charge in [0, 0.05) is 0 Å². The van der Waals surface area contributed by atoms with Crippen molar-refractivity contribution in [1.29, 1.82) is 0 Å². The quantitative estimate of drug-likeness (QED) is 0.305. The average Bonchev–Trinajstić information content (AvgIpc) is 2.20. The normalized spacial score (nSPS) is 14.2. The molecular weight excluding hydrogens is 222 g/mol. The molecule has 0 saturated carbocycles. The van der Waals surface area contributed by atoms with Crippen LogP contribution >= 0.6 is 7.82 Å². The Morgan fingerprint density at radius 2 is 1.50 bits per heavy atom. The van der Waals surface area contributed by atoms with Gasteiger partial charge in [0.05, 0.1) is 13.2 Å². The molecule has 92 valence electrons. The van der Waals surface area contributed by atoms with Gasteiger partial charge >= 0.3 is 18.9 Å². The van der Waals surface area contributed by atoms with Crippen molar-refractivity contribution >= 4 is 7.82 Å². The van der Waals surface area contributed by atoms with E-state index in [0.29, 0.717) is 6.42 Å². The second-order valence-corrected chi connectivity index (χ2v) is 4.94. The third kappa shape index (κ3) is 12.8. The molecule has 1 unspecified atom stereocenters. The zero-order valence-corrected chi connectivity index (χ0v) is 11.6. The van der Waals surface area contributed by atoms with Crippen LogP contribution in [0.15, 0.2) is 0 Å². The maximum atomic E-state index is 11.1. The summed E-state index contributed by atoms with van der Waals surface area (Å²) in [5, 5.41) is 0. The smallest absolute Gasteiger partial charge is 0.756 e. The summed E-state index contributed by atoms with van der Waals surface area (Å²) in [5.41, 5.74) is 0. The molecule has 0 aliphatic carbocycles. The molecule has 0 saturated heterocycles. The second-order valence-electron chi connectivity index (χ2n) is 3.53. The van der Waals surface area contributed by atoms with E-state index >= 15 is 0 Å². The van der Waals surface area contributed by atoms with Gasteiger partial charge in [0.15, 0.2) is 0 Å². The van der Waals surface area contributed by atoms with E-state index in [-0.39, 0.29) is 32.1 Å². The van der Waals surface area contributed by atoms with Crippen LogP contribution in [0.5, 0.6) is 0 Å². The van der Waals surface area contributed by atoms with Crippen molar-refractivity contribution in [2.75, 3.05) is 13.2 Å². The van der Waals surface area contributed by atoms with Crippen molar-refractivity contribution in [3.8, 4) is 0 Å². The van der Waals surface area contributed by atoms with Crippen molar-refractivity contribution in [3.05, 3.63) is 0 Å². The van der Waals surface area contributed by atoms with Crippen LogP contribution in [0.3, 0.4) is 0 Å². The molecule has 0 amide bonds. The minimum absolute atomic E-state index is 0. The van der Waals surface area contributed by atoms with Crippen molar-refractivity contribution < 1.29 is 37.4 Å². The van der Waals surface area contributed by atoms with Crippen LogP contribution in [0.2, 0.25) is 0 Å². The third-order valence-corrected chi connectivity index (χ3v) is 2.95. The fourth-order valence-electron chi connectivity index (χ4n) is 1.12. The molecule has 0 spiro atoms. The molecule has 0 aliphatic rings. The fourth-order valence-corrected chi connectivity index (χ4v) is 1.96. The summed E-state index contributed by atoms with van der Waals surface area (Å²) in [6.07, 6.45) is 5.98. The summed E-state index contributed by atoms with van der Waals surface area (Å²) in [6, 6.07) is 0. The molecule has 0 aliphatic heterocycles. The monoisotopic (exact) mass is 244 g/mol. The molecule has 1 atom stereocenters. The maximum absolute atomic E-state index is 11.1. The number of unbranched alkanes of at least 4 members (excludes halogenated alkanes) is 4. The van der Waals surface area contributed by atoms with Gasteiger partial charge in [0.1, 0.15) is 0 Å². The summed E-state index contributed by atoms with van der Waals surface area (Å²) in [4.78, 5) is 11.1. The van der Waals surface area contributed by atoms with E-state index in [2.05, 4.69) is 16.0 Å². The standard InChI is InChI=1S/C10H23O4P.Li/c1-3-5-6-7-8-10-14-15(11,12)13-9-4-2;/h3-10H2,1-2H3,(H,11,12);/q;+1/p-1. The predicted molar refractivity (Wildman–Crippen MR) is 58.6 cm³/mol. The summed E-state index contributed by atoms with van der Waals surface area (Å²) < 4.78 is 20.3.